The number of hydrogen-bond acceptors (Lipinski definition) is 3. The Kier molecular flexibility index (Phi) is 4.18. The van der Waals surface area contributed by atoms with E-state index in [-0.39, 0.29) is 0 Å². The lowest BCUT2D eigenvalue weighted by molar-refractivity contribution is 0.426. The van der Waals surface area contributed by atoms with Gasteiger partial charge >= 0.3 is 7.12 Å². The van der Waals surface area contributed by atoms with Crippen LogP contribution in [0.3, 0.4) is 0 Å². The molecule has 2 aromatic carbocycles. The predicted octanol–water partition coefficient (Wildman–Crippen LogP) is 2.15. The van der Waals surface area contributed by atoms with Gasteiger partial charge in [0.2, 0.25) is 0 Å². The number of hydrogen-bond donors (Lipinski definition) is 2. The molecule has 21 heavy (non-hydrogen) atoms. The minimum atomic E-state index is -1.42. The summed E-state index contributed by atoms with van der Waals surface area (Å²) in [4.78, 5) is 2.45. The first-order valence-electron chi connectivity index (χ1n) is 7.83. The van der Waals surface area contributed by atoms with Crippen molar-refractivity contribution in [2.75, 3.05) is 18.0 Å². The minimum absolute atomic E-state index is 0.581. The molecule has 0 unspecified atom stereocenters. The number of rotatable bonds is 6. The fourth-order valence-corrected chi connectivity index (χ4v) is 3.00. The highest BCUT2D eigenvalue weighted by Gasteiger charge is 2.25. The summed E-state index contributed by atoms with van der Waals surface area (Å²) in [6.07, 6.45) is 3.79. The first-order valence-corrected chi connectivity index (χ1v) is 7.83. The Morgan fingerprint density at radius 3 is 2.43 bits per heavy atom. The van der Waals surface area contributed by atoms with Crippen LogP contribution in [0.2, 0.25) is 0 Å². The molecule has 1 saturated carbocycles. The van der Waals surface area contributed by atoms with Gasteiger partial charge in [0.25, 0.3) is 0 Å². The van der Waals surface area contributed by atoms with E-state index in [0.717, 1.165) is 36.2 Å². The maximum atomic E-state index is 9.55. The summed E-state index contributed by atoms with van der Waals surface area (Å²) in [5, 5.41) is 21.1. The lowest BCUT2D eigenvalue weighted by atomic mass is 9.77. The smallest absolute Gasteiger partial charge is 0.423 e. The van der Waals surface area contributed by atoms with Gasteiger partial charge in [-0.3, -0.25) is 0 Å². The second-order valence-corrected chi connectivity index (χ2v) is 5.98. The second-order valence-electron chi connectivity index (χ2n) is 5.98. The summed E-state index contributed by atoms with van der Waals surface area (Å²) in [5.41, 5.74) is 1.79. The molecule has 2 N–H and O–H groups in total. The van der Waals surface area contributed by atoms with E-state index < -0.39 is 7.12 Å². The van der Waals surface area contributed by atoms with Crippen molar-refractivity contribution in [2.45, 2.75) is 26.2 Å². The molecule has 0 amide bonds. The van der Waals surface area contributed by atoms with Crippen molar-refractivity contribution in [1.82, 2.24) is 0 Å². The molecule has 110 valence electrons. The van der Waals surface area contributed by atoms with Gasteiger partial charge in [-0.2, -0.15) is 0 Å². The van der Waals surface area contributed by atoms with Crippen molar-refractivity contribution < 1.29 is 10.0 Å². The molecule has 3 rings (SSSR count). The van der Waals surface area contributed by atoms with Crippen LogP contribution >= 0.6 is 0 Å². The summed E-state index contributed by atoms with van der Waals surface area (Å²) in [6.45, 7) is 4.36. The quantitative estimate of drug-likeness (QED) is 0.798. The Hall–Kier alpha value is -1.52. The van der Waals surface area contributed by atoms with E-state index in [4.69, 9.17) is 0 Å². The monoisotopic (exact) mass is 283 g/mol. The fourth-order valence-electron chi connectivity index (χ4n) is 3.00. The van der Waals surface area contributed by atoms with E-state index >= 15 is 0 Å². The predicted molar refractivity (Wildman–Crippen MR) is 89.0 cm³/mol. The van der Waals surface area contributed by atoms with E-state index in [0.29, 0.717) is 5.46 Å². The SMILES string of the molecule is CCCN(CC1CC1)c1ccc(B(O)O)c2ccccc12. The van der Waals surface area contributed by atoms with E-state index in [1.165, 1.54) is 18.5 Å². The molecule has 1 aliphatic carbocycles. The zero-order valence-electron chi connectivity index (χ0n) is 12.5. The average molecular weight is 283 g/mol. The molecule has 0 aliphatic heterocycles. The Bertz CT molecular complexity index is 625. The van der Waals surface area contributed by atoms with Gasteiger partial charge in [0.1, 0.15) is 0 Å². The molecule has 0 atom stereocenters. The van der Waals surface area contributed by atoms with Crippen LogP contribution in [-0.2, 0) is 0 Å². The normalized spacial score (nSPS) is 14.4. The summed E-state index contributed by atoms with van der Waals surface area (Å²) < 4.78 is 0. The third kappa shape index (κ3) is 3.06. The van der Waals surface area contributed by atoms with Crippen molar-refractivity contribution in [3.63, 3.8) is 0 Å². The summed E-state index contributed by atoms with van der Waals surface area (Å²) in [7, 11) is -1.42. The fraction of sp³-hybridized carbons (Fsp3) is 0.412. The molecule has 0 saturated heterocycles. The van der Waals surface area contributed by atoms with Gasteiger partial charge in [0.15, 0.2) is 0 Å². The molecule has 3 nitrogen and oxygen atoms in total. The van der Waals surface area contributed by atoms with Crippen LogP contribution in [0.25, 0.3) is 10.8 Å². The molecule has 0 bridgehead atoms. The number of nitrogens with zero attached hydrogens (tertiary/aromatic N) is 1. The van der Waals surface area contributed by atoms with Crippen molar-refractivity contribution in [1.29, 1.82) is 0 Å². The highest BCUT2D eigenvalue weighted by Crippen LogP contribution is 2.33. The molecular formula is C17H22BNO2. The Morgan fingerprint density at radius 1 is 1.10 bits per heavy atom. The van der Waals surface area contributed by atoms with Crippen LogP contribution in [0.1, 0.15) is 26.2 Å². The number of fused-ring (bicyclic) bond motifs is 1. The highest BCUT2D eigenvalue weighted by molar-refractivity contribution is 6.62. The summed E-state index contributed by atoms with van der Waals surface area (Å²) in [5.74, 6) is 0.832. The maximum absolute atomic E-state index is 9.55. The topological polar surface area (TPSA) is 43.7 Å². The van der Waals surface area contributed by atoms with Gasteiger partial charge in [-0.25, -0.2) is 0 Å². The molecule has 4 heteroatoms. The highest BCUT2D eigenvalue weighted by atomic mass is 16.4. The molecule has 1 fully saturated rings. The van der Waals surface area contributed by atoms with Crippen LogP contribution in [0.15, 0.2) is 36.4 Å². The maximum Gasteiger partial charge on any atom is 0.489 e. The van der Waals surface area contributed by atoms with Gasteiger partial charge in [-0.15, -0.1) is 0 Å². The Morgan fingerprint density at radius 2 is 1.81 bits per heavy atom. The number of benzene rings is 2. The summed E-state index contributed by atoms with van der Waals surface area (Å²) >= 11 is 0. The first-order chi connectivity index (χ1) is 10.2. The van der Waals surface area contributed by atoms with Gasteiger partial charge in [-0.1, -0.05) is 37.3 Å². The standard InChI is InChI=1S/C17H22BNO2/c1-2-11-19(12-13-7-8-13)17-10-9-16(18(20)21)14-5-3-4-6-15(14)17/h3-6,9-10,13,20-21H,2,7-8,11-12H2,1H3. The third-order valence-corrected chi connectivity index (χ3v) is 4.22. The average Bonchev–Trinajstić information content (AvgIpc) is 3.29. The van der Waals surface area contributed by atoms with Gasteiger partial charge in [0.05, 0.1) is 0 Å². The molecule has 0 heterocycles. The van der Waals surface area contributed by atoms with Gasteiger partial charge < -0.3 is 14.9 Å². The van der Waals surface area contributed by atoms with Crippen LogP contribution in [0, 0.1) is 5.92 Å². The van der Waals surface area contributed by atoms with Crippen LogP contribution in [0.4, 0.5) is 5.69 Å². The number of anilines is 1. The third-order valence-electron chi connectivity index (χ3n) is 4.22. The molecule has 2 aromatic rings. The molecular weight excluding hydrogens is 261 g/mol. The van der Waals surface area contributed by atoms with E-state index in [1.54, 1.807) is 0 Å². The van der Waals surface area contributed by atoms with Crippen molar-refractivity contribution >= 4 is 29.0 Å². The minimum Gasteiger partial charge on any atom is -0.423 e. The lowest BCUT2D eigenvalue weighted by Crippen LogP contribution is -2.32. The van der Waals surface area contributed by atoms with Crippen molar-refractivity contribution in [3.8, 4) is 0 Å². The zero-order valence-corrected chi connectivity index (χ0v) is 12.5. The van der Waals surface area contributed by atoms with Gasteiger partial charge in [0, 0.05) is 24.2 Å². The molecule has 1 aliphatic rings. The van der Waals surface area contributed by atoms with Crippen LogP contribution in [-0.4, -0.2) is 30.3 Å². The van der Waals surface area contributed by atoms with E-state index in [1.807, 2.05) is 30.3 Å². The Balaban J connectivity index is 2.06. The van der Waals surface area contributed by atoms with E-state index in [2.05, 4.69) is 17.9 Å². The zero-order chi connectivity index (χ0) is 14.8. The Labute approximate surface area is 126 Å². The molecule has 0 radical (unpaired) electrons. The van der Waals surface area contributed by atoms with Crippen molar-refractivity contribution in [2.24, 2.45) is 5.92 Å². The van der Waals surface area contributed by atoms with Crippen LogP contribution in [0.5, 0.6) is 0 Å². The first kappa shape index (κ1) is 14.4. The van der Waals surface area contributed by atoms with Crippen molar-refractivity contribution in [3.05, 3.63) is 36.4 Å². The molecule has 0 aromatic heterocycles. The van der Waals surface area contributed by atoms with Crippen LogP contribution < -0.4 is 10.4 Å². The largest absolute Gasteiger partial charge is 0.489 e. The van der Waals surface area contributed by atoms with E-state index in [9.17, 15) is 10.0 Å². The lowest BCUT2D eigenvalue weighted by Gasteiger charge is -2.26. The summed E-state index contributed by atoms with van der Waals surface area (Å²) in [6, 6.07) is 11.9. The second kappa shape index (κ2) is 6.08. The molecule has 0 spiro atoms. The van der Waals surface area contributed by atoms with Gasteiger partial charge in [-0.05, 0) is 42.1 Å².